The zero-order valence-corrected chi connectivity index (χ0v) is 24.6. The van der Waals surface area contributed by atoms with E-state index in [-0.39, 0.29) is 6.42 Å². The lowest BCUT2D eigenvalue weighted by Crippen LogP contribution is -2.61. The Morgan fingerprint density at radius 1 is 0.481 bits per heavy atom. The molecule has 0 aromatic rings. The van der Waals surface area contributed by atoms with Crippen LogP contribution in [0.1, 0.15) is 25.7 Å². The normalized spacial score (nSPS) is 17.3. The summed E-state index contributed by atoms with van der Waals surface area (Å²) in [5.41, 5.74) is 0. The number of rotatable bonds is 20. The van der Waals surface area contributed by atoms with Crippen LogP contribution in [0.25, 0.3) is 0 Å². The van der Waals surface area contributed by atoms with Crippen LogP contribution in [-0.2, 0) is 33.3 Å². The van der Waals surface area contributed by atoms with Gasteiger partial charge in [-0.25, -0.2) is 9.59 Å². The van der Waals surface area contributed by atoms with Gasteiger partial charge >= 0.3 is 72.4 Å². The topological polar surface area (TPSA) is 101 Å². The molecule has 310 valence electrons. The smallest absolute Gasteiger partial charge is 0.461 e. The predicted octanol–water partition coefficient (Wildman–Crippen LogP) is 7.33. The molecule has 0 spiro atoms. The molecule has 0 aliphatic carbocycles. The Bertz CT molecular complexity index is 1170. The molecular formula is C22H20F22O8. The van der Waals surface area contributed by atoms with Crippen LogP contribution in [0.15, 0.2) is 0 Å². The average molecular weight is 830 g/mol. The van der Waals surface area contributed by atoms with Gasteiger partial charge in [-0.3, -0.25) is 9.47 Å². The van der Waals surface area contributed by atoms with Crippen molar-refractivity contribution in [3.05, 3.63) is 0 Å². The quantitative estimate of drug-likeness (QED) is 0.0775. The van der Waals surface area contributed by atoms with E-state index in [4.69, 9.17) is 9.84 Å². The lowest BCUT2D eigenvalue weighted by molar-refractivity contribution is -0.475. The van der Waals surface area contributed by atoms with Crippen LogP contribution in [0.2, 0.25) is 0 Å². The monoisotopic (exact) mass is 830 g/mol. The molecule has 8 nitrogen and oxygen atoms in total. The lowest BCUT2D eigenvalue weighted by Gasteiger charge is -2.33. The fourth-order valence-electron chi connectivity index (χ4n) is 3.01. The van der Waals surface area contributed by atoms with Crippen molar-refractivity contribution in [2.45, 2.75) is 86.2 Å². The van der Waals surface area contributed by atoms with Crippen molar-refractivity contribution in [2.24, 2.45) is 5.92 Å². The minimum atomic E-state index is -7.54. The number of alkyl halides is 22. The zero-order chi connectivity index (χ0) is 41.6. The Labute approximate surface area is 273 Å². The van der Waals surface area contributed by atoms with Crippen LogP contribution >= 0.6 is 0 Å². The predicted molar refractivity (Wildman–Crippen MR) is 116 cm³/mol. The largest absolute Gasteiger partial charge is 0.462 e. The average Bonchev–Trinajstić information content (AvgIpc) is 2.93. The first kappa shape index (κ1) is 49.2. The fraction of sp³-hybridized carbons (Fsp3) is 0.909. The summed E-state index contributed by atoms with van der Waals surface area (Å²) in [7, 11) is 0. The molecule has 0 fully saturated rings. The molecule has 3 atom stereocenters. The van der Waals surface area contributed by atoms with Gasteiger partial charge in [0, 0.05) is 19.8 Å². The molecule has 0 aromatic heterocycles. The van der Waals surface area contributed by atoms with Gasteiger partial charge in [-0.1, -0.05) is 0 Å². The number of carbonyl (C=O) groups excluding carboxylic acids is 2. The van der Waals surface area contributed by atoms with E-state index in [1.165, 1.54) is 0 Å². The van der Waals surface area contributed by atoms with Crippen LogP contribution in [0.5, 0.6) is 0 Å². The van der Waals surface area contributed by atoms with Crippen molar-refractivity contribution >= 4 is 11.9 Å². The van der Waals surface area contributed by atoms with Crippen molar-refractivity contribution in [1.82, 2.24) is 0 Å². The SMILES string of the molecule is O=C(OCCCC(CCOC(=O)C(F)(OC(F)(F)C(F)(F)C(F)(F)F)C(F)(F)F)COCCCO)C(F)(OC(F)(F)C(F)(F)C(F)(F)F)C(F)(F)F. The fourth-order valence-corrected chi connectivity index (χ4v) is 3.01. The number of carbonyl (C=O) groups is 2. The maximum absolute atomic E-state index is 14.3. The number of hydrogen-bond donors (Lipinski definition) is 1. The molecule has 0 aliphatic heterocycles. The summed E-state index contributed by atoms with van der Waals surface area (Å²) in [6, 6.07) is 0. The van der Waals surface area contributed by atoms with Crippen molar-refractivity contribution < 1.29 is 135 Å². The summed E-state index contributed by atoms with van der Waals surface area (Å²) in [6.07, 6.45) is -46.8. The molecule has 0 aromatic carbocycles. The zero-order valence-electron chi connectivity index (χ0n) is 24.6. The molecule has 0 saturated heterocycles. The third-order valence-electron chi connectivity index (χ3n) is 5.78. The molecule has 0 bridgehead atoms. The Morgan fingerprint density at radius 2 is 0.846 bits per heavy atom. The summed E-state index contributed by atoms with van der Waals surface area (Å²) in [5.74, 6) is -37.3. The van der Waals surface area contributed by atoms with Crippen LogP contribution in [-0.4, -0.2) is 111 Å². The van der Waals surface area contributed by atoms with Crippen molar-refractivity contribution in [1.29, 1.82) is 0 Å². The van der Waals surface area contributed by atoms with E-state index in [0.29, 0.717) is 0 Å². The number of aliphatic hydroxyl groups is 1. The van der Waals surface area contributed by atoms with Crippen molar-refractivity contribution in [3.8, 4) is 0 Å². The second kappa shape index (κ2) is 16.7. The van der Waals surface area contributed by atoms with Gasteiger partial charge in [-0.05, 0) is 31.6 Å². The minimum absolute atomic E-state index is 0.169. The highest BCUT2D eigenvalue weighted by Crippen LogP contribution is 2.52. The third kappa shape index (κ3) is 11.4. The van der Waals surface area contributed by atoms with Gasteiger partial charge in [0.25, 0.3) is 0 Å². The second-order valence-corrected chi connectivity index (χ2v) is 9.79. The van der Waals surface area contributed by atoms with Crippen LogP contribution in [0, 0.1) is 5.92 Å². The first-order valence-corrected chi connectivity index (χ1v) is 13.0. The Balaban J connectivity index is 5.83. The van der Waals surface area contributed by atoms with Gasteiger partial charge in [-0.15, -0.1) is 0 Å². The molecule has 52 heavy (non-hydrogen) atoms. The highest BCUT2D eigenvalue weighted by Gasteiger charge is 2.81. The number of esters is 2. The van der Waals surface area contributed by atoms with E-state index in [2.05, 4.69) is 9.47 Å². The summed E-state index contributed by atoms with van der Waals surface area (Å²) in [6.45, 7) is -4.97. The summed E-state index contributed by atoms with van der Waals surface area (Å²) in [5, 5.41) is 8.70. The summed E-state index contributed by atoms with van der Waals surface area (Å²) < 4.78 is 301. The van der Waals surface area contributed by atoms with Gasteiger partial charge in [0.2, 0.25) is 0 Å². The summed E-state index contributed by atoms with van der Waals surface area (Å²) in [4.78, 5) is 23.2. The first-order valence-electron chi connectivity index (χ1n) is 13.0. The minimum Gasteiger partial charge on any atom is -0.461 e. The molecule has 1 N–H and O–H groups in total. The molecule has 0 amide bonds. The van der Waals surface area contributed by atoms with Gasteiger partial charge in [0.05, 0.1) is 13.2 Å². The molecule has 0 heterocycles. The Morgan fingerprint density at radius 3 is 1.17 bits per heavy atom. The van der Waals surface area contributed by atoms with E-state index in [0.717, 1.165) is 0 Å². The Hall–Kier alpha value is -2.76. The molecule has 0 rings (SSSR count). The Kier molecular flexibility index (Phi) is 15.8. The third-order valence-corrected chi connectivity index (χ3v) is 5.78. The van der Waals surface area contributed by atoms with E-state index in [9.17, 15) is 106 Å². The maximum Gasteiger partial charge on any atom is 0.462 e. The number of ether oxygens (including phenoxy) is 5. The number of hydrogen-bond acceptors (Lipinski definition) is 8. The van der Waals surface area contributed by atoms with Crippen LogP contribution in [0.3, 0.4) is 0 Å². The van der Waals surface area contributed by atoms with Crippen molar-refractivity contribution in [2.75, 3.05) is 33.0 Å². The molecule has 0 radical (unpaired) electrons. The van der Waals surface area contributed by atoms with Gasteiger partial charge < -0.3 is 19.3 Å². The highest BCUT2D eigenvalue weighted by molar-refractivity contribution is 5.79. The molecular weight excluding hydrogens is 810 g/mol. The number of halogens is 22. The molecule has 30 heteroatoms. The first-order chi connectivity index (χ1) is 22.9. The van der Waals surface area contributed by atoms with Crippen LogP contribution < -0.4 is 0 Å². The van der Waals surface area contributed by atoms with E-state index >= 15 is 0 Å². The van der Waals surface area contributed by atoms with Gasteiger partial charge in [-0.2, -0.15) is 96.6 Å². The molecule has 0 saturated carbocycles. The van der Waals surface area contributed by atoms with Crippen molar-refractivity contribution in [3.63, 3.8) is 0 Å². The lowest BCUT2D eigenvalue weighted by atomic mass is 10.0. The van der Waals surface area contributed by atoms with Crippen LogP contribution in [0.4, 0.5) is 96.6 Å². The van der Waals surface area contributed by atoms with Gasteiger partial charge in [0.15, 0.2) is 0 Å². The van der Waals surface area contributed by atoms with Gasteiger partial charge in [0.1, 0.15) is 0 Å². The van der Waals surface area contributed by atoms with E-state index < -0.39 is 131 Å². The molecule has 3 unspecified atom stereocenters. The van der Waals surface area contributed by atoms with E-state index in [1.807, 2.05) is 9.47 Å². The summed E-state index contributed by atoms with van der Waals surface area (Å²) >= 11 is 0. The number of aliphatic hydroxyl groups excluding tert-OH is 1. The van der Waals surface area contributed by atoms with E-state index in [1.54, 1.807) is 0 Å². The highest BCUT2D eigenvalue weighted by atomic mass is 19.4. The molecule has 0 aliphatic rings. The second-order valence-electron chi connectivity index (χ2n) is 9.79. The maximum atomic E-state index is 14.3. The standard InChI is InChI=1S/C22H20F22O8/c23-13(17(29,30)31,51-21(41,42)15(25,26)19(35,36)37)11(46)49-7-1-3-10(9-48-6-2-5-45)4-8-50-12(47)14(24,18(32,33)34)52-22(43,44)16(27,28)20(38,39)40/h10,45H,1-9H2.